The summed E-state index contributed by atoms with van der Waals surface area (Å²) in [4.78, 5) is 25.4. The first-order chi connectivity index (χ1) is 7.25. The molecule has 92 valence electrons. The average molecular weight is 360 g/mol. The van der Waals surface area contributed by atoms with Crippen LogP contribution in [0.2, 0.25) is 0 Å². The molecule has 2 atom stereocenters. The lowest BCUT2D eigenvalue weighted by atomic mass is 10.0. The standard InChI is InChI=1S/C8H12Br2N2O4/c1-11-5(13)8(16,4-10)12(2)6(14)7(11,15)3-9/h15-16H,3-4H2,1-2H3. The van der Waals surface area contributed by atoms with Crippen LogP contribution in [0.25, 0.3) is 0 Å². The van der Waals surface area contributed by atoms with Gasteiger partial charge in [-0.2, -0.15) is 0 Å². The first-order valence-electron chi connectivity index (χ1n) is 4.39. The second kappa shape index (κ2) is 4.25. The predicted molar refractivity (Wildman–Crippen MR) is 63.0 cm³/mol. The minimum absolute atomic E-state index is 0.121. The molecule has 0 aliphatic carbocycles. The van der Waals surface area contributed by atoms with Gasteiger partial charge in [-0.15, -0.1) is 0 Å². The summed E-state index contributed by atoms with van der Waals surface area (Å²) in [6.45, 7) is 0. The third kappa shape index (κ3) is 1.59. The summed E-state index contributed by atoms with van der Waals surface area (Å²) in [6.07, 6.45) is 0. The molecule has 8 heteroatoms. The van der Waals surface area contributed by atoms with Gasteiger partial charge in [0.05, 0.1) is 10.7 Å². The predicted octanol–water partition coefficient (Wildman–Crippen LogP) is -0.916. The highest BCUT2D eigenvalue weighted by atomic mass is 79.9. The fourth-order valence-corrected chi connectivity index (χ4v) is 2.69. The third-order valence-corrected chi connectivity index (χ3v) is 4.34. The van der Waals surface area contributed by atoms with Crippen LogP contribution in [-0.4, -0.2) is 68.0 Å². The largest absolute Gasteiger partial charge is 0.362 e. The molecular formula is C8H12Br2N2O4. The molecule has 1 rings (SSSR count). The van der Waals surface area contributed by atoms with Crippen molar-refractivity contribution in [3.63, 3.8) is 0 Å². The first kappa shape index (κ1) is 13.9. The number of aliphatic hydroxyl groups is 2. The molecular weight excluding hydrogens is 348 g/mol. The van der Waals surface area contributed by atoms with Crippen LogP contribution in [0.3, 0.4) is 0 Å². The van der Waals surface area contributed by atoms with Gasteiger partial charge in [0, 0.05) is 14.1 Å². The molecule has 1 aliphatic heterocycles. The smallest absolute Gasteiger partial charge is 0.279 e. The summed E-state index contributed by atoms with van der Waals surface area (Å²) in [5.74, 6) is -1.48. The first-order valence-corrected chi connectivity index (χ1v) is 6.63. The number of halogens is 2. The number of rotatable bonds is 2. The Bertz CT molecular complexity index is 308. The topological polar surface area (TPSA) is 81.1 Å². The number of carbonyl (C=O) groups is 2. The van der Waals surface area contributed by atoms with E-state index in [9.17, 15) is 19.8 Å². The number of piperazine rings is 1. The maximum Gasteiger partial charge on any atom is 0.279 e. The van der Waals surface area contributed by atoms with Crippen LogP contribution in [0.5, 0.6) is 0 Å². The van der Waals surface area contributed by atoms with Crippen molar-refractivity contribution in [2.75, 3.05) is 24.8 Å². The number of carbonyl (C=O) groups excluding carboxylic acids is 2. The molecule has 2 unspecified atom stereocenters. The molecule has 0 spiro atoms. The molecule has 2 N–H and O–H groups in total. The average Bonchev–Trinajstić information content (AvgIpc) is 2.31. The molecule has 1 saturated heterocycles. The van der Waals surface area contributed by atoms with Crippen molar-refractivity contribution < 1.29 is 19.8 Å². The van der Waals surface area contributed by atoms with Gasteiger partial charge < -0.3 is 20.0 Å². The molecule has 0 bridgehead atoms. The zero-order chi connectivity index (χ0) is 12.7. The lowest BCUT2D eigenvalue weighted by molar-refractivity contribution is -0.218. The van der Waals surface area contributed by atoms with Crippen molar-refractivity contribution in [1.29, 1.82) is 0 Å². The van der Waals surface area contributed by atoms with E-state index in [0.717, 1.165) is 9.80 Å². The molecule has 1 fully saturated rings. The molecule has 0 saturated carbocycles. The Morgan fingerprint density at radius 2 is 1.25 bits per heavy atom. The van der Waals surface area contributed by atoms with Gasteiger partial charge >= 0.3 is 0 Å². The molecule has 0 aromatic heterocycles. The van der Waals surface area contributed by atoms with E-state index in [0.29, 0.717) is 0 Å². The van der Waals surface area contributed by atoms with Crippen molar-refractivity contribution in [3.05, 3.63) is 0 Å². The van der Waals surface area contributed by atoms with Gasteiger partial charge in [-0.25, -0.2) is 0 Å². The second-order valence-electron chi connectivity index (χ2n) is 3.63. The van der Waals surface area contributed by atoms with Gasteiger partial charge in [-0.1, -0.05) is 31.9 Å². The number of amides is 2. The normalized spacial score (nSPS) is 35.9. The summed E-state index contributed by atoms with van der Waals surface area (Å²) >= 11 is 5.96. The van der Waals surface area contributed by atoms with E-state index in [1.54, 1.807) is 0 Å². The highest BCUT2D eigenvalue weighted by Gasteiger charge is 2.59. The van der Waals surface area contributed by atoms with Crippen molar-refractivity contribution in [2.45, 2.75) is 11.4 Å². The number of hydrogen-bond donors (Lipinski definition) is 2. The van der Waals surface area contributed by atoms with Crippen molar-refractivity contribution >= 4 is 43.7 Å². The van der Waals surface area contributed by atoms with Crippen LogP contribution in [0.4, 0.5) is 0 Å². The van der Waals surface area contributed by atoms with E-state index in [4.69, 9.17) is 0 Å². The van der Waals surface area contributed by atoms with Gasteiger partial charge in [0.1, 0.15) is 0 Å². The van der Waals surface area contributed by atoms with Gasteiger partial charge in [0.15, 0.2) is 0 Å². The minimum atomic E-state index is -1.96. The maximum absolute atomic E-state index is 11.9. The number of hydrogen-bond acceptors (Lipinski definition) is 4. The second-order valence-corrected chi connectivity index (χ2v) is 4.75. The van der Waals surface area contributed by atoms with Gasteiger partial charge in [0.25, 0.3) is 11.8 Å². The lowest BCUT2D eigenvalue weighted by Gasteiger charge is -2.49. The summed E-state index contributed by atoms with van der Waals surface area (Å²) in [5.41, 5.74) is -3.92. The van der Waals surface area contributed by atoms with Crippen LogP contribution in [0.1, 0.15) is 0 Å². The number of likely N-dealkylation sites (N-methyl/N-ethyl adjacent to an activating group) is 2. The Labute approximate surface area is 109 Å². The van der Waals surface area contributed by atoms with E-state index in [2.05, 4.69) is 31.9 Å². The van der Waals surface area contributed by atoms with Gasteiger partial charge in [-0.3, -0.25) is 9.59 Å². The third-order valence-electron chi connectivity index (χ3n) is 2.78. The molecule has 0 aromatic rings. The Hall–Kier alpha value is -0.180. The van der Waals surface area contributed by atoms with Crippen LogP contribution in [0, 0.1) is 0 Å². The zero-order valence-electron chi connectivity index (χ0n) is 8.78. The van der Waals surface area contributed by atoms with Crippen LogP contribution >= 0.6 is 31.9 Å². The summed E-state index contributed by atoms with van der Waals surface area (Å²) < 4.78 is 0. The van der Waals surface area contributed by atoms with Crippen LogP contribution in [-0.2, 0) is 9.59 Å². The molecule has 1 aliphatic rings. The van der Waals surface area contributed by atoms with Gasteiger partial charge in [0.2, 0.25) is 11.4 Å². The Morgan fingerprint density at radius 3 is 1.44 bits per heavy atom. The molecule has 2 amide bonds. The SMILES string of the molecule is CN1C(=O)C(O)(CBr)N(C)C(=O)C1(O)CBr. The molecule has 0 radical (unpaired) electrons. The molecule has 16 heavy (non-hydrogen) atoms. The van der Waals surface area contributed by atoms with E-state index < -0.39 is 23.3 Å². The van der Waals surface area contributed by atoms with E-state index in [1.807, 2.05) is 0 Å². The molecule has 1 heterocycles. The Balaban J connectivity index is 3.25. The lowest BCUT2D eigenvalue weighted by Crippen LogP contribution is -2.76. The quantitative estimate of drug-likeness (QED) is 0.625. The minimum Gasteiger partial charge on any atom is -0.362 e. The summed E-state index contributed by atoms with van der Waals surface area (Å²) in [7, 11) is 2.53. The van der Waals surface area contributed by atoms with E-state index in [1.165, 1.54) is 14.1 Å². The monoisotopic (exact) mass is 358 g/mol. The highest BCUT2D eigenvalue weighted by molar-refractivity contribution is 9.09. The van der Waals surface area contributed by atoms with Gasteiger partial charge in [-0.05, 0) is 0 Å². The molecule has 6 nitrogen and oxygen atoms in total. The van der Waals surface area contributed by atoms with Crippen LogP contribution < -0.4 is 0 Å². The van der Waals surface area contributed by atoms with Crippen molar-refractivity contribution in [2.24, 2.45) is 0 Å². The fourth-order valence-electron chi connectivity index (χ4n) is 1.45. The van der Waals surface area contributed by atoms with Crippen molar-refractivity contribution in [1.82, 2.24) is 9.80 Å². The van der Waals surface area contributed by atoms with Crippen molar-refractivity contribution in [3.8, 4) is 0 Å². The summed E-state index contributed by atoms with van der Waals surface area (Å²) in [5, 5.41) is 19.8. The zero-order valence-corrected chi connectivity index (χ0v) is 11.9. The highest BCUT2D eigenvalue weighted by Crippen LogP contribution is 2.30. The summed E-state index contributed by atoms with van der Waals surface area (Å²) in [6, 6.07) is 0. The van der Waals surface area contributed by atoms with E-state index >= 15 is 0 Å². The van der Waals surface area contributed by atoms with Crippen LogP contribution in [0.15, 0.2) is 0 Å². The van der Waals surface area contributed by atoms with E-state index in [-0.39, 0.29) is 10.7 Å². The number of nitrogens with zero attached hydrogens (tertiary/aromatic N) is 2. The Morgan fingerprint density at radius 1 is 1.00 bits per heavy atom. The Kier molecular flexibility index (Phi) is 3.68. The number of alkyl halides is 2. The molecule has 0 aromatic carbocycles. The maximum atomic E-state index is 11.9. The fraction of sp³-hybridized carbons (Fsp3) is 0.750.